The van der Waals surface area contributed by atoms with Crippen LogP contribution in [0.1, 0.15) is 48.1 Å². The summed E-state index contributed by atoms with van der Waals surface area (Å²) >= 11 is 1.21. The van der Waals surface area contributed by atoms with E-state index in [0.717, 1.165) is 11.1 Å². The number of carbonyl (C=O) groups is 1. The normalized spacial score (nSPS) is 19.4. The van der Waals surface area contributed by atoms with Crippen LogP contribution < -0.4 is 5.32 Å². The summed E-state index contributed by atoms with van der Waals surface area (Å²) in [6.45, 7) is 8.90. The number of benzene rings is 1. The third kappa shape index (κ3) is 4.31. The second-order valence-corrected chi connectivity index (χ2v) is 10.8. The van der Waals surface area contributed by atoms with Gasteiger partial charge in [-0.1, -0.05) is 18.2 Å². The molecule has 1 saturated heterocycles. The molecule has 0 saturated carbocycles. The molecule has 152 valence electrons. The van der Waals surface area contributed by atoms with Crippen LogP contribution in [0.4, 0.5) is 0 Å². The van der Waals surface area contributed by atoms with E-state index in [-0.39, 0.29) is 24.4 Å². The SMILES string of the molecule is Cc1cc(C)c([C@H](C)NC(=O)[C@@H]2CCCN(S(=O)(=O)c3cccs3)C2)cc1C. The van der Waals surface area contributed by atoms with Gasteiger partial charge in [-0.2, -0.15) is 4.31 Å². The quantitative estimate of drug-likeness (QED) is 0.796. The van der Waals surface area contributed by atoms with Crippen LogP contribution >= 0.6 is 11.3 Å². The van der Waals surface area contributed by atoms with Gasteiger partial charge < -0.3 is 5.32 Å². The van der Waals surface area contributed by atoms with E-state index in [4.69, 9.17) is 0 Å². The van der Waals surface area contributed by atoms with Gasteiger partial charge in [0.2, 0.25) is 5.91 Å². The third-order valence-corrected chi connectivity index (χ3v) is 8.79. The van der Waals surface area contributed by atoms with Crippen LogP contribution in [0.2, 0.25) is 0 Å². The molecule has 1 fully saturated rings. The second-order valence-electron chi connectivity index (χ2n) is 7.66. The molecule has 2 aromatic rings. The summed E-state index contributed by atoms with van der Waals surface area (Å²) < 4.78 is 27.4. The highest BCUT2D eigenvalue weighted by atomic mass is 32.2. The number of nitrogens with zero attached hydrogens (tertiary/aromatic N) is 1. The molecule has 1 aliphatic heterocycles. The first kappa shape index (κ1) is 21.0. The van der Waals surface area contributed by atoms with Crippen molar-refractivity contribution in [2.45, 2.75) is 50.8 Å². The first-order chi connectivity index (χ1) is 13.2. The lowest BCUT2D eigenvalue weighted by molar-refractivity contribution is -0.126. The minimum atomic E-state index is -3.51. The number of piperidine rings is 1. The first-order valence-electron chi connectivity index (χ1n) is 9.62. The van der Waals surface area contributed by atoms with Crippen molar-refractivity contribution < 1.29 is 13.2 Å². The van der Waals surface area contributed by atoms with Crippen LogP contribution in [0.5, 0.6) is 0 Å². The Labute approximate surface area is 171 Å². The van der Waals surface area contributed by atoms with Gasteiger partial charge in [0.15, 0.2) is 0 Å². The zero-order valence-electron chi connectivity index (χ0n) is 16.9. The van der Waals surface area contributed by atoms with Crippen molar-refractivity contribution in [3.8, 4) is 0 Å². The number of amides is 1. The average Bonchev–Trinajstić information content (AvgIpc) is 3.20. The van der Waals surface area contributed by atoms with Gasteiger partial charge >= 0.3 is 0 Å². The lowest BCUT2D eigenvalue weighted by atomic mass is 9.95. The van der Waals surface area contributed by atoms with Gasteiger partial charge in [-0.3, -0.25) is 4.79 Å². The number of hydrogen-bond donors (Lipinski definition) is 1. The highest BCUT2D eigenvalue weighted by Crippen LogP contribution is 2.27. The van der Waals surface area contributed by atoms with Gasteiger partial charge in [-0.05, 0) is 74.2 Å². The van der Waals surface area contributed by atoms with Crippen molar-refractivity contribution in [2.24, 2.45) is 5.92 Å². The molecule has 7 heteroatoms. The summed E-state index contributed by atoms with van der Waals surface area (Å²) in [5.74, 6) is -0.394. The molecule has 1 aromatic carbocycles. The van der Waals surface area contributed by atoms with Crippen molar-refractivity contribution in [1.29, 1.82) is 0 Å². The predicted octanol–water partition coefficient (Wildman–Crippen LogP) is 3.95. The molecule has 1 aromatic heterocycles. The fraction of sp³-hybridized carbons (Fsp3) is 0.476. The Balaban J connectivity index is 1.70. The molecule has 1 aliphatic rings. The standard InChI is InChI=1S/C21H28N2O3S2/c1-14-11-16(3)19(12-15(14)2)17(4)22-21(24)18-7-5-9-23(13-18)28(25,26)20-8-6-10-27-20/h6,8,10-12,17-18H,5,7,9,13H2,1-4H3,(H,22,24)/t17-,18+/m0/s1. The van der Waals surface area contributed by atoms with Crippen LogP contribution in [0.15, 0.2) is 33.9 Å². The summed E-state index contributed by atoms with van der Waals surface area (Å²) in [4.78, 5) is 12.9. The van der Waals surface area contributed by atoms with Crippen LogP contribution in [0.25, 0.3) is 0 Å². The lowest BCUT2D eigenvalue weighted by Crippen LogP contribution is -2.45. The van der Waals surface area contributed by atoms with Crippen molar-refractivity contribution in [3.63, 3.8) is 0 Å². The smallest absolute Gasteiger partial charge is 0.252 e. The van der Waals surface area contributed by atoms with Crippen LogP contribution in [0, 0.1) is 26.7 Å². The maximum atomic E-state index is 12.9. The molecule has 0 radical (unpaired) electrons. The van der Waals surface area contributed by atoms with Gasteiger partial charge in [0.05, 0.1) is 12.0 Å². The van der Waals surface area contributed by atoms with E-state index in [2.05, 4.69) is 38.2 Å². The molecule has 0 unspecified atom stereocenters. The van der Waals surface area contributed by atoms with Gasteiger partial charge in [0.25, 0.3) is 10.0 Å². The highest BCUT2D eigenvalue weighted by molar-refractivity contribution is 7.91. The Hall–Kier alpha value is -1.70. The van der Waals surface area contributed by atoms with E-state index in [9.17, 15) is 13.2 Å². The van der Waals surface area contributed by atoms with E-state index >= 15 is 0 Å². The molecular formula is C21H28N2O3S2. The van der Waals surface area contributed by atoms with Crippen molar-refractivity contribution in [1.82, 2.24) is 9.62 Å². The zero-order valence-corrected chi connectivity index (χ0v) is 18.5. The second kappa shape index (κ2) is 8.35. The molecule has 5 nitrogen and oxygen atoms in total. The zero-order chi connectivity index (χ0) is 20.5. The molecular weight excluding hydrogens is 392 g/mol. The van der Waals surface area contributed by atoms with E-state index in [1.807, 2.05) is 6.92 Å². The maximum absolute atomic E-state index is 12.9. The predicted molar refractivity (Wildman–Crippen MR) is 113 cm³/mol. The van der Waals surface area contributed by atoms with Crippen molar-refractivity contribution in [3.05, 3.63) is 51.9 Å². The number of rotatable bonds is 5. The minimum absolute atomic E-state index is 0.0730. The van der Waals surface area contributed by atoms with Crippen molar-refractivity contribution >= 4 is 27.3 Å². The Morgan fingerprint density at radius 1 is 1.21 bits per heavy atom. The van der Waals surface area contributed by atoms with E-state index in [0.29, 0.717) is 23.6 Å². The van der Waals surface area contributed by atoms with Crippen LogP contribution in [0.3, 0.4) is 0 Å². The average molecular weight is 421 g/mol. The topological polar surface area (TPSA) is 66.5 Å². The van der Waals surface area contributed by atoms with E-state index < -0.39 is 10.0 Å². The monoisotopic (exact) mass is 420 g/mol. The van der Waals surface area contributed by atoms with Gasteiger partial charge in [0.1, 0.15) is 4.21 Å². The molecule has 0 bridgehead atoms. The number of carbonyl (C=O) groups excluding carboxylic acids is 1. The molecule has 2 heterocycles. The summed E-state index contributed by atoms with van der Waals surface area (Å²) in [5, 5.41) is 4.86. The molecule has 2 atom stereocenters. The fourth-order valence-corrected chi connectivity index (χ4v) is 6.44. The highest BCUT2D eigenvalue weighted by Gasteiger charge is 2.34. The van der Waals surface area contributed by atoms with Gasteiger partial charge in [0, 0.05) is 13.1 Å². The molecule has 1 amide bonds. The Morgan fingerprint density at radius 3 is 2.61 bits per heavy atom. The number of aryl methyl sites for hydroxylation is 3. The number of sulfonamides is 1. The Kier molecular flexibility index (Phi) is 6.27. The summed E-state index contributed by atoms with van der Waals surface area (Å²) in [5.41, 5.74) is 4.70. The lowest BCUT2D eigenvalue weighted by Gasteiger charge is -2.31. The molecule has 1 N–H and O–H groups in total. The van der Waals surface area contributed by atoms with Gasteiger partial charge in [-0.25, -0.2) is 8.42 Å². The Morgan fingerprint density at radius 2 is 1.93 bits per heavy atom. The first-order valence-corrected chi connectivity index (χ1v) is 11.9. The number of hydrogen-bond acceptors (Lipinski definition) is 4. The third-order valence-electron chi connectivity index (χ3n) is 5.55. The number of nitrogens with one attached hydrogen (secondary N) is 1. The number of thiophene rings is 1. The maximum Gasteiger partial charge on any atom is 0.252 e. The summed E-state index contributed by atoms with van der Waals surface area (Å²) in [7, 11) is -3.51. The van der Waals surface area contributed by atoms with Gasteiger partial charge in [-0.15, -0.1) is 11.3 Å². The minimum Gasteiger partial charge on any atom is -0.349 e. The van der Waals surface area contributed by atoms with Crippen molar-refractivity contribution in [2.75, 3.05) is 13.1 Å². The van der Waals surface area contributed by atoms with E-state index in [1.54, 1.807) is 17.5 Å². The molecule has 28 heavy (non-hydrogen) atoms. The van der Waals surface area contributed by atoms with E-state index in [1.165, 1.54) is 26.8 Å². The summed E-state index contributed by atoms with van der Waals surface area (Å²) in [6.07, 6.45) is 1.40. The van der Waals surface area contributed by atoms with Crippen LogP contribution in [-0.2, 0) is 14.8 Å². The molecule has 3 rings (SSSR count). The molecule has 0 aliphatic carbocycles. The fourth-order valence-electron chi connectivity index (χ4n) is 3.77. The largest absolute Gasteiger partial charge is 0.349 e. The summed E-state index contributed by atoms with van der Waals surface area (Å²) in [6, 6.07) is 7.51. The van der Waals surface area contributed by atoms with Crippen LogP contribution in [-0.4, -0.2) is 31.7 Å². The molecule has 0 spiro atoms. The Bertz CT molecular complexity index is 952.